The molecule has 5 heteroatoms. The number of aliphatic carboxylic acids is 1. The Balaban J connectivity index is 2.23. The van der Waals surface area contributed by atoms with Crippen molar-refractivity contribution in [3.63, 3.8) is 0 Å². The van der Waals surface area contributed by atoms with E-state index in [1.807, 2.05) is 13.8 Å². The molecule has 1 heterocycles. The van der Waals surface area contributed by atoms with Crippen LogP contribution in [0.2, 0.25) is 0 Å². The highest BCUT2D eigenvalue weighted by atomic mass is 16.4. The van der Waals surface area contributed by atoms with Gasteiger partial charge in [-0.3, -0.25) is 19.3 Å². The molecule has 1 aliphatic heterocycles. The molecule has 0 spiro atoms. The second-order valence-corrected chi connectivity index (χ2v) is 5.60. The molecule has 0 aromatic heterocycles. The predicted octanol–water partition coefficient (Wildman–Crippen LogP) is 1.27. The Labute approximate surface area is 106 Å². The van der Waals surface area contributed by atoms with E-state index in [2.05, 4.69) is 0 Å². The zero-order valence-corrected chi connectivity index (χ0v) is 10.8. The quantitative estimate of drug-likeness (QED) is 0.766. The van der Waals surface area contributed by atoms with E-state index in [4.69, 9.17) is 5.11 Å². The summed E-state index contributed by atoms with van der Waals surface area (Å²) in [7, 11) is 0. The average molecular weight is 253 g/mol. The first-order valence-electron chi connectivity index (χ1n) is 6.52. The number of fused-ring (bicyclic) bond motifs is 1. The molecule has 0 radical (unpaired) electrons. The van der Waals surface area contributed by atoms with Crippen LogP contribution in [0.3, 0.4) is 0 Å². The van der Waals surface area contributed by atoms with Crippen molar-refractivity contribution in [1.82, 2.24) is 4.90 Å². The van der Waals surface area contributed by atoms with Crippen LogP contribution in [0.1, 0.15) is 39.5 Å². The molecule has 100 valence electrons. The molecule has 5 nitrogen and oxygen atoms in total. The minimum Gasteiger partial charge on any atom is -0.481 e. The molecule has 3 unspecified atom stereocenters. The molecule has 2 rings (SSSR count). The molecule has 0 aromatic carbocycles. The minimum atomic E-state index is -0.966. The summed E-state index contributed by atoms with van der Waals surface area (Å²) in [5.74, 6) is -1.68. The largest absolute Gasteiger partial charge is 0.481 e. The van der Waals surface area contributed by atoms with Gasteiger partial charge in [0.15, 0.2) is 0 Å². The Kier molecular flexibility index (Phi) is 3.41. The van der Waals surface area contributed by atoms with Crippen molar-refractivity contribution in [3.05, 3.63) is 0 Å². The van der Waals surface area contributed by atoms with Gasteiger partial charge in [-0.05, 0) is 18.8 Å². The van der Waals surface area contributed by atoms with Gasteiger partial charge in [0, 0.05) is 0 Å². The van der Waals surface area contributed by atoms with Crippen molar-refractivity contribution in [3.8, 4) is 0 Å². The van der Waals surface area contributed by atoms with E-state index in [-0.39, 0.29) is 36.0 Å². The van der Waals surface area contributed by atoms with Gasteiger partial charge in [-0.1, -0.05) is 20.3 Å². The topological polar surface area (TPSA) is 74.7 Å². The number of hydrogen-bond acceptors (Lipinski definition) is 3. The molecule has 0 aromatic rings. The standard InChI is InChI=1S/C13H19NO4/c1-7(2)10(6-11(15)16)14-12(17)8-4-3-5-9(8)13(14)18/h7-10H,3-6H2,1-2H3,(H,15,16). The number of rotatable bonds is 4. The summed E-state index contributed by atoms with van der Waals surface area (Å²) in [6.07, 6.45) is 2.30. The fraction of sp³-hybridized carbons (Fsp3) is 0.769. The third kappa shape index (κ3) is 2.02. The highest BCUT2D eigenvalue weighted by molar-refractivity contribution is 6.06. The van der Waals surface area contributed by atoms with Crippen LogP contribution < -0.4 is 0 Å². The molecular formula is C13H19NO4. The normalized spacial score (nSPS) is 28.9. The SMILES string of the molecule is CC(C)C(CC(=O)O)N1C(=O)C2CCCC2C1=O. The van der Waals surface area contributed by atoms with Gasteiger partial charge in [0.05, 0.1) is 24.3 Å². The van der Waals surface area contributed by atoms with E-state index in [1.54, 1.807) is 0 Å². The molecule has 1 saturated heterocycles. The van der Waals surface area contributed by atoms with E-state index in [0.29, 0.717) is 0 Å². The Bertz CT molecular complexity index is 368. The number of imide groups is 1. The second-order valence-electron chi connectivity index (χ2n) is 5.60. The van der Waals surface area contributed by atoms with Crippen molar-refractivity contribution in [1.29, 1.82) is 0 Å². The maximum absolute atomic E-state index is 12.2. The molecule has 1 aliphatic carbocycles. The summed E-state index contributed by atoms with van der Waals surface area (Å²) in [5, 5.41) is 8.92. The summed E-state index contributed by atoms with van der Waals surface area (Å²) in [5.41, 5.74) is 0. The molecule has 1 N–H and O–H groups in total. The minimum absolute atomic E-state index is 0.0344. The van der Waals surface area contributed by atoms with E-state index >= 15 is 0 Å². The maximum Gasteiger partial charge on any atom is 0.305 e. The summed E-state index contributed by atoms with van der Waals surface area (Å²) >= 11 is 0. The first kappa shape index (κ1) is 13.1. The lowest BCUT2D eigenvalue weighted by Crippen LogP contribution is -2.45. The van der Waals surface area contributed by atoms with Crippen molar-refractivity contribution in [2.24, 2.45) is 17.8 Å². The van der Waals surface area contributed by atoms with Crippen LogP contribution in [0.5, 0.6) is 0 Å². The van der Waals surface area contributed by atoms with Gasteiger partial charge in [-0.15, -0.1) is 0 Å². The highest BCUT2D eigenvalue weighted by Gasteiger charge is 2.52. The van der Waals surface area contributed by atoms with E-state index in [0.717, 1.165) is 19.3 Å². The van der Waals surface area contributed by atoms with Gasteiger partial charge in [0.1, 0.15) is 0 Å². The van der Waals surface area contributed by atoms with Gasteiger partial charge in [-0.2, -0.15) is 0 Å². The summed E-state index contributed by atoms with van der Waals surface area (Å²) in [6, 6.07) is -0.506. The molecule has 0 bridgehead atoms. The van der Waals surface area contributed by atoms with Gasteiger partial charge in [0.25, 0.3) is 0 Å². The van der Waals surface area contributed by atoms with E-state index < -0.39 is 12.0 Å². The van der Waals surface area contributed by atoms with E-state index in [1.165, 1.54) is 4.90 Å². The highest BCUT2D eigenvalue weighted by Crippen LogP contribution is 2.41. The van der Waals surface area contributed by atoms with Gasteiger partial charge in [0.2, 0.25) is 11.8 Å². The molecule has 2 fully saturated rings. The fourth-order valence-corrected chi connectivity index (χ4v) is 3.15. The van der Waals surface area contributed by atoms with E-state index in [9.17, 15) is 14.4 Å². The van der Waals surface area contributed by atoms with Crippen LogP contribution >= 0.6 is 0 Å². The number of carboxylic acids is 1. The monoisotopic (exact) mass is 253 g/mol. The zero-order valence-electron chi connectivity index (χ0n) is 10.8. The predicted molar refractivity (Wildman–Crippen MR) is 63.6 cm³/mol. The lowest BCUT2D eigenvalue weighted by molar-refractivity contribution is -0.147. The number of carboxylic acid groups (broad SMARTS) is 1. The lowest BCUT2D eigenvalue weighted by Gasteiger charge is -2.29. The number of likely N-dealkylation sites (tertiary alicyclic amines) is 1. The lowest BCUT2D eigenvalue weighted by atomic mass is 9.99. The van der Waals surface area contributed by atoms with Crippen LogP contribution in [0.25, 0.3) is 0 Å². The molecule has 2 amide bonds. The smallest absolute Gasteiger partial charge is 0.305 e. The number of amides is 2. The third-order valence-corrected chi connectivity index (χ3v) is 4.11. The zero-order chi connectivity index (χ0) is 13.4. The average Bonchev–Trinajstić information content (AvgIpc) is 2.82. The Morgan fingerprint density at radius 3 is 2.17 bits per heavy atom. The Morgan fingerprint density at radius 2 is 1.78 bits per heavy atom. The van der Waals surface area contributed by atoms with Crippen LogP contribution in [-0.2, 0) is 14.4 Å². The second kappa shape index (κ2) is 4.71. The van der Waals surface area contributed by atoms with Crippen molar-refractivity contribution >= 4 is 17.8 Å². The van der Waals surface area contributed by atoms with Crippen LogP contribution in [0, 0.1) is 17.8 Å². The number of carbonyl (C=O) groups excluding carboxylic acids is 2. The molecular weight excluding hydrogens is 234 g/mol. The first-order chi connectivity index (χ1) is 8.43. The maximum atomic E-state index is 12.2. The van der Waals surface area contributed by atoms with Gasteiger partial charge >= 0.3 is 5.97 Å². The molecule has 3 atom stereocenters. The molecule has 18 heavy (non-hydrogen) atoms. The van der Waals surface area contributed by atoms with Gasteiger partial charge < -0.3 is 5.11 Å². The summed E-state index contributed by atoms with van der Waals surface area (Å²) in [6.45, 7) is 3.70. The Morgan fingerprint density at radius 1 is 1.28 bits per heavy atom. The summed E-state index contributed by atoms with van der Waals surface area (Å²) < 4.78 is 0. The van der Waals surface area contributed by atoms with Crippen molar-refractivity contribution in [2.75, 3.05) is 0 Å². The third-order valence-electron chi connectivity index (χ3n) is 4.11. The molecule has 2 aliphatic rings. The molecule has 1 saturated carbocycles. The number of nitrogens with zero attached hydrogens (tertiary/aromatic N) is 1. The van der Waals surface area contributed by atoms with Crippen LogP contribution in [0.4, 0.5) is 0 Å². The van der Waals surface area contributed by atoms with Crippen molar-refractivity contribution in [2.45, 2.75) is 45.6 Å². The Hall–Kier alpha value is -1.39. The van der Waals surface area contributed by atoms with Crippen molar-refractivity contribution < 1.29 is 19.5 Å². The number of carbonyl (C=O) groups is 3. The fourth-order valence-electron chi connectivity index (χ4n) is 3.15. The van der Waals surface area contributed by atoms with Crippen LogP contribution in [0.15, 0.2) is 0 Å². The van der Waals surface area contributed by atoms with Gasteiger partial charge in [-0.25, -0.2) is 0 Å². The first-order valence-corrected chi connectivity index (χ1v) is 6.52. The summed E-state index contributed by atoms with van der Waals surface area (Å²) in [4.78, 5) is 36.6. The van der Waals surface area contributed by atoms with Crippen LogP contribution in [-0.4, -0.2) is 33.8 Å². The number of hydrogen-bond donors (Lipinski definition) is 1.